The summed E-state index contributed by atoms with van der Waals surface area (Å²) in [5.74, 6) is -1.61. The Morgan fingerprint density at radius 1 is 1.23 bits per heavy atom. The standard InChI is InChI=1S/C16H17N3O3/c20-15-6-14(16(21)22)11-18(15)8-13-7-17-19(10-13)9-12-4-2-1-3-5-12/h1-5,7,10,14H,6,8-9,11H2,(H,21,22). The molecule has 22 heavy (non-hydrogen) atoms. The van der Waals surface area contributed by atoms with E-state index in [9.17, 15) is 9.59 Å². The van der Waals surface area contributed by atoms with Crippen molar-refractivity contribution in [3.8, 4) is 0 Å². The maximum atomic E-state index is 11.8. The molecule has 2 aromatic rings. The second-order valence-electron chi connectivity index (χ2n) is 5.55. The molecule has 6 heteroatoms. The van der Waals surface area contributed by atoms with Gasteiger partial charge in [-0.05, 0) is 5.56 Å². The van der Waals surface area contributed by atoms with Crippen LogP contribution in [0.2, 0.25) is 0 Å². The highest BCUT2D eigenvalue weighted by molar-refractivity contribution is 5.86. The number of aromatic nitrogens is 2. The van der Waals surface area contributed by atoms with Gasteiger partial charge in [0.05, 0.1) is 18.7 Å². The van der Waals surface area contributed by atoms with E-state index in [1.807, 2.05) is 41.2 Å². The number of carbonyl (C=O) groups is 2. The largest absolute Gasteiger partial charge is 0.481 e. The number of carboxylic acid groups (broad SMARTS) is 1. The van der Waals surface area contributed by atoms with Crippen LogP contribution in [0.25, 0.3) is 0 Å². The van der Waals surface area contributed by atoms with Crippen molar-refractivity contribution < 1.29 is 14.7 Å². The number of amides is 1. The second kappa shape index (κ2) is 6.01. The number of likely N-dealkylation sites (tertiary alicyclic amines) is 1. The maximum Gasteiger partial charge on any atom is 0.308 e. The third kappa shape index (κ3) is 3.16. The van der Waals surface area contributed by atoms with Crippen LogP contribution in [0.1, 0.15) is 17.5 Å². The van der Waals surface area contributed by atoms with Gasteiger partial charge >= 0.3 is 5.97 Å². The number of carbonyl (C=O) groups excluding carboxylic acids is 1. The molecule has 1 aromatic heterocycles. The molecule has 1 saturated heterocycles. The summed E-state index contributed by atoms with van der Waals surface area (Å²) in [5.41, 5.74) is 2.07. The van der Waals surface area contributed by atoms with Crippen LogP contribution in [0.5, 0.6) is 0 Å². The van der Waals surface area contributed by atoms with Gasteiger partial charge < -0.3 is 10.0 Å². The Labute approximate surface area is 128 Å². The van der Waals surface area contributed by atoms with Crippen molar-refractivity contribution in [3.05, 3.63) is 53.9 Å². The molecule has 0 spiro atoms. The molecule has 1 aliphatic heterocycles. The Kier molecular flexibility index (Phi) is 3.91. The smallest absolute Gasteiger partial charge is 0.308 e. The highest BCUT2D eigenvalue weighted by Crippen LogP contribution is 2.20. The van der Waals surface area contributed by atoms with Crippen LogP contribution in [0.15, 0.2) is 42.7 Å². The van der Waals surface area contributed by atoms with Crippen molar-refractivity contribution in [2.75, 3.05) is 6.54 Å². The molecule has 1 fully saturated rings. The highest BCUT2D eigenvalue weighted by Gasteiger charge is 2.34. The van der Waals surface area contributed by atoms with E-state index in [1.54, 1.807) is 11.1 Å². The minimum absolute atomic E-state index is 0.0908. The van der Waals surface area contributed by atoms with Gasteiger partial charge in [-0.2, -0.15) is 5.10 Å². The van der Waals surface area contributed by atoms with E-state index < -0.39 is 11.9 Å². The third-order valence-electron chi connectivity index (χ3n) is 3.81. The predicted octanol–water partition coefficient (Wildman–Crippen LogP) is 1.36. The van der Waals surface area contributed by atoms with Crippen LogP contribution in [-0.2, 0) is 22.7 Å². The van der Waals surface area contributed by atoms with Crippen molar-refractivity contribution in [1.29, 1.82) is 0 Å². The van der Waals surface area contributed by atoms with Crippen molar-refractivity contribution in [2.24, 2.45) is 5.92 Å². The molecule has 6 nitrogen and oxygen atoms in total. The Hall–Kier alpha value is -2.63. The topological polar surface area (TPSA) is 75.4 Å². The van der Waals surface area contributed by atoms with E-state index >= 15 is 0 Å². The molecular weight excluding hydrogens is 282 g/mol. The summed E-state index contributed by atoms with van der Waals surface area (Å²) in [4.78, 5) is 24.4. The van der Waals surface area contributed by atoms with Crippen LogP contribution in [0.4, 0.5) is 0 Å². The molecule has 1 aliphatic rings. The third-order valence-corrected chi connectivity index (χ3v) is 3.81. The number of hydrogen-bond donors (Lipinski definition) is 1. The molecule has 1 atom stereocenters. The quantitative estimate of drug-likeness (QED) is 0.904. The summed E-state index contributed by atoms with van der Waals surface area (Å²) >= 11 is 0. The van der Waals surface area contributed by atoms with Crippen LogP contribution in [0, 0.1) is 5.92 Å². The number of nitrogens with zero attached hydrogens (tertiary/aromatic N) is 3. The van der Waals surface area contributed by atoms with E-state index in [4.69, 9.17) is 5.11 Å². The zero-order valence-corrected chi connectivity index (χ0v) is 12.1. The Morgan fingerprint density at radius 2 is 2.00 bits per heavy atom. The van der Waals surface area contributed by atoms with Gasteiger partial charge in [0.25, 0.3) is 0 Å². The molecule has 1 aromatic carbocycles. The SMILES string of the molecule is O=C(O)C1CC(=O)N(Cc2cnn(Cc3ccccc3)c2)C1. The Morgan fingerprint density at radius 3 is 2.68 bits per heavy atom. The normalized spacial score (nSPS) is 17.9. The minimum Gasteiger partial charge on any atom is -0.481 e. The average molecular weight is 299 g/mol. The minimum atomic E-state index is -0.907. The van der Waals surface area contributed by atoms with Crippen LogP contribution >= 0.6 is 0 Å². The monoisotopic (exact) mass is 299 g/mol. The van der Waals surface area contributed by atoms with E-state index in [2.05, 4.69) is 5.10 Å². The summed E-state index contributed by atoms with van der Waals surface area (Å²) in [6, 6.07) is 9.99. The highest BCUT2D eigenvalue weighted by atomic mass is 16.4. The fourth-order valence-corrected chi connectivity index (χ4v) is 2.66. The van der Waals surface area contributed by atoms with E-state index in [0.29, 0.717) is 13.1 Å². The van der Waals surface area contributed by atoms with Crippen molar-refractivity contribution in [1.82, 2.24) is 14.7 Å². The molecule has 3 rings (SSSR count). The van der Waals surface area contributed by atoms with Crippen LogP contribution in [0.3, 0.4) is 0 Å². The molecule has 0 bridgehead atoms. The fraction of sp³-hybridized carbons (Fsp3) is 0.312. The van der Waals surface area contributed by atoms with Gasteiger partial charge in [0.2, 0.25) is 5.91 Å². The van der Waals surface area contributed by atoms with Gasteiger partial charge in [-0.25, -0.2) is 0 Å². The molecule has 0 aliphatic carbocycles. The molecular formula is C16H17N3O3. The summed E-state index contributed by atoms with van der Waals surface area (Å²) in [6.45, 7) is 1.36. The molecule has 114 valence electrons. The predicted molar refractivity (Wildman–Crippen MR) is 78.9 cm³/mol. The second-order valence-corrected chi connectivity index (χ2v) is 5.55. The van der Waals surface area contributed by atoms with Gasteiger partial charge in [-0.15, -0.1) is 0 Å². The fourth-order valence-electron chi connectivity index (χ4n) is 2.66. The molecule has 0 saturated carbocycles. The lowest BCUT2D eigenvalue weighted by Crippen LogP contribution is -2.25. The first-order chi connectivity index (χ1) is 10.6. The Balaban J connectivity index is 1.62. The van der Waals surface area contributed by atoms with Gasteiger partial charge in [0, 0.05) is 31.3 Å². The zero-order valence-electron chi connectivity index (χ0n) is 12.1. The molecule has 1 unspecified atom stereocenters. The van der Waals surface area contributed by atoms with Gasteiger partial charge in [-0.1, -0.05) is 30.3 Å². The lowest BCUT2D eigenvalue weighted by Gasteiger charge is -2.14. The van der Waals surface area contributed by atoms with Crippen molar-refractivity contribution in [3.63, 3.8) is 0 Å². The molecule has 0 radical (unpaired) electrons. The summed E-state index contributed by atoms with van der Waals surface area (Å²) in [6.07, 6.45) is 3.71. The van der Waals surface area contributed by atoms with E-state index in [1.165, 1.54) is 0 Å². The maximum absolute atomic E-state index is 11.8. The number of rotatable bonds is 5. The zero-order chi connectivity index (χ0) is 15.5. The summed E-state index contributed by atoms with van der Waals surface area (Å²) in [5, 5.41) is 13.3. The first kappa shape index (κ1) is 14.3. The first-order valence-electron chi connectivity index (χ1n) is 7.17. The van der Waals surface area contributed by atoms with E-state index in [-0.39, 0.29) is 18.9 Å². The molecule has 1 N–H and O–H groups in total. The molecule has 1 amide bonds. The van der Waals surface area contributed by atoms with Gasteiger partial charge in [0.1, 0.15) is 0 Å². The number of benzene rings is 1. The van der Waals surface area contributed by atoms with Crippen molar-refractivity contribution in [2.45, 2.75) is 19.5 Å². The number of carboxylic acids is 1. The van der Waals surface area contributed by atoms with E-state index in [0.717, 1.165) is 11.1 Å². The van der Waals surface area contributed by atoms with Crippen molar-refractivity contribution >= 4 is 11.9 Å². The average Bonchev–Trinajstić information content (AvgIpc) is 3.08. The van der Waals surface area contributed by atoms with Crippen LogP contribution < -0.4 is 0 Å². The lowest BCUT2D eigenvalue weighted by atomic mass is 10.1. The number of aliphatic carboxylic acids is 1. The summed E-state index contributed by atoms with van der Waals surface area (Å²) in [7, 11) is 0. The lowest BCUT2D eigenvalue weighted by molar-refractivity contribution is -0.141. The van der Waals surface area contributed by atoms with Gasteiger partial charge in [0.15, 0.2) is 0 Å². The number of hydrogen-bond acceptors (Lipinski definition) is 3. The van der Waals surface area contributed by atoms with Gasteiger partial charge in [-0.3, -0.25) is 14.3 Å². The van der Waals surface area contributed by atoms with Crippen LogP contribution in [-0.4, -0.2) is 38.2 Å². The Bertz CT molecular complexity index is 681. The first-order valence-corrected chi connectivity index (χ1v) is 7.17. The molecule has 2 heterocycles. The summed E-state index contributed by atoms with van der Waals surface area (Å²) < 4.78 is 1.82.